The van der Waals surface area contributed by atoms with Gasteiger partial charge < -0.3 is 15.4 Å². The van der Waals surface area contributed by atoms with Gasteiger partial charge in [0.2, 0.25) is 5.91 Å². The van der Waals surface area contributed by atoms with E-state index >= 15 is 0 Å². The summed E-state index contributed by atoms with van der Waals surface area (Å²) in [6.45, 7) is 4.87. The molecule has 0 aliphatic carbocycles. The molecule has 25 heavy (non-hydrogen) atoms. The molecule has 0 aliphatic heterocycles. The number of carbonyl (C=O) groups is 2. The van der Waals surface area contributed by atoms with Gasteiger partial charge in [-0.3, -0.25) is 9.59 Å². The lowest BCUT2D eigenvalue weighted by atomic mass is 10.0. The minimum atomic E-state index is -0.133. The van der Waals surface area contributed by atoms with E-state index in [2.05, 4.69) is 10.6 Å². The van der Waals surface area contributed by atoms with Crippen molar-refractivity contribution in [1.82, 2.24) is 5.32 Å². The first-order chi connectivity index (χ1) is 12.0. The lowest BCUT2D eigenvalue weighted by Gasteiger charge is -2.09. The summed E-state index contributed by atoms with van der Waals surface area (Å²) in [5, 5.41) is 5.67. The number of carbonyl (C=O) groups excluding carboxylic acids is 2. The standard InChI is InChI=1S/C20H24N2O3/c1-14-4-5-15(2)18(12-14)20(24)22-17-8-6-16(7-9-17)13-19(23)21-10-11-25-3/h4-9,12H,10-11,13H2,1-3H3,(H,21,23)(H,22,24). The van der Waals surface area contributed by atoms with E-state index in [1.165, 1.54) is 0 Å². The Hall–Kier alpha value is -2.66. The van der Waals surface area contributed by atoms with E-state index < -0.39 is 0 Å². The van der Waals surface area contributed by atoms with E-state index in [0.29, 0.717) is 30.8 Å². The third kappa shape index (κ3) is 5.72. The molecule has 2 rings (SSSR count). The summed E-state index contributed by atoms with van der Waals surface area (Å²) in [7, 11) is 1.59. The van der Waals surface area contributed by atoms with E-state index in [0.717, 1.165) is 16.7 Å². The highest BCUT2D eigenvalue weighted by atomic mass is 16.5. The zero-order valence-corrected chi connectivity index (χ0v) is 14.9. The molecule has 0 fully saturated rings. The Kier molecular flexibility index (Phi) is 6.71. The van der Waals surface area contributed by atoms with Crippen LogP contribution >= 0.6 is 0 Å². The molecule has 0 atom stereocenters. The van der Waals surface area contributed by atoms with Crippen LogP contribution in [0.2, 0.25) is 0 Å². The normalized spacial score (nSPS) is 10.4. The van der Waals surface area contributed by atoms with Crippen molar-refractivity contribution in [1.29, 1.82) is 0 Å². The first kappa shape index (κ1) is 18.7. The van der Waals surface area contributed by atoms with Crippen LogP contribution in [0, 0.1) is 13.8 Å². The fourth-order valence-electron chi connectivity index (χ4n) is 2.43. The number of methoxy groups -OCH3 is 1. The number of rotatable bonds is 7. The second-order valence-electron chi connectivity index (χ2n) is 5.99. The van der Waals surface area contributed by atoms with E-state index in [-0.39, 0.29) is 11.8 Å². The lowest BCUT2D eigenvalue weighted by Crippen LogP contribution is -2.28. The van der Waals surface area contributed by atoms with Crippen LogP contribution in [-0.2, 0) is 16.0 Å². The molecule has 2 aromatic carbocycles. The topological polar surface area (TPSA) is 67.4 Å². The van der Waals surface area contributed by atoms with E-state index in [4.69, 9.17) is 4.74 Å². The zero-order valence-electron chi connectivity index (χ0n) is 14.9. The van der Waals surface area contributed by atoms with Gasteiger partial charge in [0.05, 0.1) is 13.0 Å². The maximum absolute atomic E-state index is 12.4. The number of hydrogen-bond donors (Lipinski definition) is 2. The summed E-state index contributed by atoms with van der Waals surface area (Å²) >= 11 is 0. The van der Waals surface area contributed by atoms with Gasteiger partial charge in [-0.15, -0.1) is 0 Å². The van der Waals surface area contributed by atoms with Crippen molar-refractivity contribution in [2.24, 2.45) is 0 Å². The Labute approximate surface area is 148 Å². The first-order valence-corrected chi connectivity index (χ1v) is 8.23. The number of nitrogens with one attached hydrogen (secondary N) is 2. The van der Waals surface area contributed by atoms with Crippen molar-refractivity contribution < 1.29 is 14.3 Å². The highest BCUT2D eigenvalue weighted by molar-refractivity contribution is 6.05. The molecule has 132 valence electrons. The average molecular weight is 340 g/mol. The molecule has 0 aromatic heterocycles. The average Bonchev–Trinajstić information content (AvgIpc) is 2.59. The van der Waals surface area contributed by atoms with Crippen LogP contribution in [0.1, 0.15) is 27.0 Å². The monoisotopic (exact) mass is 340 g/mol. The van der Waals surface area contributed by atoms with Crippen molar-refractivity contribution >= 4 is 17.5 Å². The van der Waals surface area contributed by atoms with Crippen LogP contribution < -0.4 is 10.6 Å². The third-order valence-electron chi connectivity index (χ3n) is 3.84. The predicted molar refractivity (Wildman–Crippen MR) is 98.9 cm³/mol. The van der Waals surface area contributed by atoms with Crippen LogP contribution in [-0.4, -0.2) is 32.1 Å². The van der Waals surface area contributed by atoms with Gasteiger partial charge in [0, 0.05) is 24.9 Å². The van der Waals surface area contributed by atoms with Crippen LogP contribution in [0.25, 0.3) is 0 Å². The molecule has 0 aliphatic rings. The van der Waals surface area contributed by atoms with Gasteiger partial charge in [-0.1, -0.05) is 29.8 Å². The van der Waals surface area contributed by atoms with Gasteiger partial charge in [0.15, 0.2) is 0 Å². The molecule has 2 aromatic rings. The number of anilines is 1. The zero-order chi connectivity index (χ0) is 18.2. The molecular weight excluding hydrogens is 316 g/mol. The first-order valence-electron chi connectivity index (χ1n) is 8.23. The molecule has 0 heterocycles. The Balaban J connectivity index is 1.94. The maximum atomic E-state index is 12.4. The molecule has 5 heteroatoms. The highest BCUT2D eigenvalue weighted by Crippen LogP contribution is 2.15. The summed E-state index contributed by atoms with van der Waals surface area (Å²) in [6.07, 6.45) is 0.301. The van der Waals surface area contributed by atoms with Crippen molar-refractivity contribution in [2.75, 3.05) is 25.6 Å². The molecule has 0 saturated carbocycles. The van der Waals surface area contributed by atoms with Gasteiger partial charge in [-0.2, -0.15) is 0 Å². The van der Waals surface area contributed by atoms with Gasteiger partial charge in [0.25, 0.3) is 5.91 Å². The van der Waals surface area contributed by atoms with Crippen molar-refractivity contribution in [2.45, 2.75) is 20.3 Å². The van der Waals surface area contributed by atoms with Crippen molar-refractivity contribution in [3.63, 3.8) is 0 Å². The van der Waals surface area contributed by atoms with Crippen molar-refractivity contribution in [3.05, 3.63) is 64.7 Å². The summed E-state index contributed by atoms with van der Waals surface area (Å²) in [5.74, 6) is -0.185. The molecule has 2 N–H and O–H groups in total. The summed E-state index contributed by atoms with van der Waals surface area (Å²) < 4.78 is 4.89. The summed E-state index contributed by atoms with van der Waals surface area (Å²) in [4.78, 5) is 24.2. The molecule has 0 bridgehead atoms. The van der Waals surface area contributed by atoms with Gasteiger partial charge in [-0.25, -0.2) is 0 Å². The third-order valence-corrected chi connectivity index (χ3v) is 3.84. The van der Waals surface area contributed by atoms with Gasteiger partial charge in [0.1, 0.15) is 0 Å². The largest absolute Gasteiger partial charge is 0.383 e. The molecule has 0 unspecified atom stereocenters. The van der Waals surface area contributed by atoms with Crippen LogP contribution in [0.4, 0.5) is 5.69 Å². The number of ether oxygens (including phenoxy) is 1. The maximum Gasteiger partial charge on any atom is 0.255 e. The minimum absolute atomic E-state index is 0.0516. The molecule has 0 radical (unpaired) electrons. The van der Waals surface area contributed by atoms with Crippen molar-refractivity contribution in [3.8, 4) is 0 Å². The van der Waals surface area contributed by atoms with Gasteiger partial charge >= 0.3 is 0 Å². The van der Waals surface area contributed by atoms with E-state index in [1.54, 1.807) is 19.2 Å². The summed E-state index contributed by atoms with van der Waals surface area (Å²) in [6, 6.07) is 13.1. The molecule has 0 spiro atoms. The van der Waals surface area contributed by atoms with Crippen LogP contribution in [0.15, 0.2) is 42.5 Å². The quantitative estimate of drug-likeness (QED) is 0.762. The predicted octanol–water partition coefficient (Wildman–Crippen LogP) is 2.86. The molecule has 0 saturated heterocycles. The highest BCUT2D eigenvalue weighted by Gasteiger charge is 2.10. The number of aryl methyl sites for hydroxylation is 2. The van der Waals surface area contributed by atoms with E-state index in [9.17, 15) is 9.59 Å². The minimum Gasteiger partial charge on any atom is -0.383 e. The van der Waals surface area contributed by atoms with Crippen LogP contribution in [0.5, 0.6) is 0 Å². The van der Waals surface area contributed by atoms with E-state index in [1.807, 2.05) is 44.2 Å². The Bertz CT molecular complexity index is 739. The van der Waals surface area contributed by atoms with Crippen LogP contribution in [0.3, 0.4) is 0 Å². The second-order valence-corrected chi connectivity index (χ2v) is 5.99. The fraction of sp³-hybridized carbons (Fsp3) is 0.300. The Morgan fingerprint density at radius 1 is 1.04 bits per heavy atom. The molecule has 5 nitrogen and oxygen atoms in total. The summed E-state index contributed by atoms with van der Waals surface area (Å²) in [5.41, 5.74) is 4.24. The fourth-order valence-corrected chi connectivity index (χ4v) is 2.43. The lowest BCUT2D eigenvalue weighted by molar-refractivity contribution is -0.120. The molecule has 2 amide bonds. The molecular formula is C20H24N2O3. The Morgan fingerprint density at radius 2 is 1.76 bits per heavy atom. The Morgan fingerprint density at radius 3 is 2.44 bits per heavy atom. The number of benzene rings is 2. The number of hydrogen-bond acceptors (Lipinski definition) is 3. The smallest absolute Gasteiger partial charge is 0.255 e. The number of amides is 2. The van der Waals surface area contributed by atoms with Gasteiger partial charge in [-0.05, 0) is 43.2 Å². The SMILES string of the molecule is COCCNC(=O)Cc1ccc(NC(=O)c2cc(C)ccc2C)cc1. The second kappa shape index (κ2) is 8.99.